The smallest absolute Gasteiger partial charge is 0.222 e. The van der Waals surface area contributed by atoms with Crippen LogP contribution in [0.2, 0.25) is 5.02 Å². The molecule has 0 bridgehead atoms. The van der Waals surface area contributed by atoms with E-state index in [2.05, 4.69) is 20.9 Å². The molecule has 2 nitrogen and oxygen atoms in total. The van der Waals surface area contributed by atoms with Crippen molar-refractivity contribution in [2.75, 3.05) is 0 Å². The summed E-state index contributed by atoms with van der Waals surface area (Å²) < 4.78 is 19.4. The van der Waals surface area contributed by atoms with Crippen molar-refractivity contribution in [1.29, 1.82) is 0 Å². The van der Waals surface area contributed by atoms with Crippen LogP contribution in [0.5, 0.6) is 11.6 Å². The first-order valence-electron chi connectivity index (χ1n) is 4.81. The molecule has 0 amide bonds. The maximum Gasteiger partial charge on any atom is 0.222 e. The van der Waals surface area contributed by atoms with E-state index in [0.717, 1.165) is 10.0 Å². The van der Waals surface area contributed by atoms with Crippen LogP contribution >= 0.6 is 27.5 Å². The van der Waals surface area contributed by atoms with Gasteiger partial charge in [0.15, 0.2) is 0 Å². The van der Waals surface area contributed by atoms with Crippen molar-refractivity contribution in [3.05, 3.63) is 51.3 Å². The molecule has 1 aromatic heterocycles. The molecule has 0 aliphatic heterocycles. The highest BCUT2D eigenvalue weighted by Gasteiger charge is 2.06. The third-order valence-electron chi connectivity index (χ3n) is 2.10. The van der Waals surface area contributed by atoms with Crippen molar-refractivity contribution in [3.8, 4) is 11.6 Å². The van der Waals surface area contributed by atoms with E-state index in [4.69, 9.17) is 16.3 Å². The molecule has 88 valence electrons. The van der Waals surface area contributed by atoms with Crippen LogP contribution in [0.15, 0.2) is 34.9 Å². The Labute approximate surface area is 112 Å². The minimum Gasteiger partial charge on any atom is -0.439 e. The Morgan fingerprint density at radius 3 is 2.76 bits per heavy atom. The van der Waals surface area contributed by atoms with Crippen molar-refractivity contribution in [3.63, 3.8) is 0 Å². The molecule has 2 rings (SSSR count). The highest BCUT2D eigenvalue weighted by Crippen LogP contribution is 2.27. The van der Waals surface area contributed by atoms with E-state index >= 15 is 0 Å². The van der Waals surface area contributed by atoms with E-state index < -0.39 is 5.82 Å². The minimum absolute atomic E-state index is 0.0252. The summed E-state index contributed by atoms with van der Waals surface area (Å²) in [5.74, 6) is 0.449. The van der Waals surface area contributed by atoms with Gasteiger partial charge in [-0.1, -0.05) is 11.6 Å². The number of benzene rings is 1. The topological polar surface area (TPSA) is 22.1 Å². The molecule has 2 aromatic rings. The number of pyridine rings is 1. The molecule has 1 heterocycles. The molecule has 0 radical (unpaired) electrons. The second kappa shape index (κ2) is 5.02. The van der Waals surface area contributed by atoms with Gasteiger partial charge in [0, 0.05) is 22.3 Å². The number of halogens is 3. The molecule has 5 heteroatoms. The summed E-state index contributed by atoms with van der Waals surface area (Å²) in [5.41, 5.74) is 0.875. The monoisotopic (exact) mass is 315 g/mol. The zero-order chi connectivity index (χ0) is 12.4. The van der Waals surface area contributed by atoms with E-state index in [1.54, 1.807) is 6.20 Å². The SMILES string of the molecule is Cc1cc(Br)cnc1Oc1ccc(F)c(Cl)c1. The van der Waals surface area contributed by atoms with E-state index in [1.807, 2.05) is 13.0 Å². The number of rotatable bonds is 2. The zero-order valence-electron chi connectivity index (χ0n) is 8.88. The Hall–Kier alpha value is -1.13. The molecule has 0 saturated heterocycles. The molecule has 1 aromatic carbocycles. The molecule has 0 fully saturated rings. The van der Waals surface area contributed by atoms with Crippen LogP contribution in [-0.2, 0) is 0 Å². The molecular weight excluding hydrogens is 308 g/mol. The van der Waals surface area contributed by atoms with Crippen LogP contribution in [0.25, 0.3) is 0 Å². The first-order chi connectivity index (χ1) is 8.06. The summed E-state index contributed by atoms with van der Waals surface area (Å²) in [6.07, 6.45) is 1.63. The van der Waals surface area contributed by atoms with Crippen LogP contribution in [0.3, 0.4) is 0 Å². The molecule has 0 saturated carbocycles. The lowest BCUT2D eigenvalue weighted by molar-refractivity contribution is 0.457. The van der Waals surface area contributed by atoms with E-state index in [-0.39, 0.29) is 5.02 Å². The van der Waals surface area contributed by atoms with Gasteiger partial charge in [0.2, 0.25) is 5.88 Å². The molecule has 0 spiro atoms. The molecule has 17 heavy (non-hydrogen) atoms. The molecule has 0 aliphatic rings. The van der Waals surface area contributed by atoms with Crippen molar-refractivity contribution in [2.24, 2.45) is 0 Å². The Bertz CT molecular complexity index is 562. The summed E-state index contributed by atoms with van der Waals surface area (Å²) in [6.45, 7) is 1.87. The molecule has 0 N–H and O–H groups in total. The Kier molecular flexibility index (Phi) is 3.64. The minimum atomic E-state index is -0.473. The summed E-state index contributed by atoms with van der Waals surface area (Å²) in [7, 11) is 0. The van der Waals surface area contributed by atoms with Gasteiger partial charge in [0.25, 0.3) is 0 Å². The van der Waals surface area contributed by atoms with Gasteiger partial charge in [-0.05, 0) is 41.1 Å². The van der Waals surface area contributed by atoms with Crippen LogP contribution in [0.4, 0.5) is 4.39 Å². The lowest BCUT2D eigenvalue weighted by Gasteiger charge is -2.08. The third-order valence-corrected chi connectivity index (χ3v) is 2.83. The highest BCUT2D eigenvalue weighted by atomic mass is 79.9. The Morgan fingerprint density at radius 2 is 2.12 bits per heavy atom. The standard InChI is InChI=1S/C12H8BrClFNO/c1-7-4-8(13)6-16-12(7)17-9-2-3-11(15)10(14)5-9/h2-6H,1H3. The fraction of sp³-hybridized carbons (Fsp3) is 0.0833. The van der Waals surface area contributed by atoms with Gasteiger partial charge in [-0.25, -0.2) is 9.37 Å². The van der Waals surface area contributed by atoms with Crippen molar-refractivity contribution < 1.29 is 9.13 Å². The number of aromatic nitrogens is 1. The van der Waals surface area contributed by atoms with Crippen molar-refractivity contribution in [2.45, 2.75) is 6.92 Å². The van der Waals surface area contributed by atoms with E-state index in [1.165, 1.54) is 18.2 Å². The summed E-state index contributed by atoms with van der Waals surface area (Å²) >= 11 is 8.98. The van der Waals surface area contributed by atoms with Gasteiger partial charge in [-0.15, -0.1) is 0 Å². The number of hydrogen-bond donors (Lipinski definition) is 0. The second-order valence-corrected chi connectivity index (χ2v) is 4.78. The first kappa shape index (κ1) is 12.3. The highest BCUT2D eigenvalue weighted by molar-refractivity contribution is 9.10. The van der Waals surface area contributed by atoms with Crippen molar-refractivity contribution in [1.82, 2.24) is 4.98 Å². The fourth-order valence-electron chi connectivity index (χ4n) is 1.29. The predicted molar refractivity (Wildman–Crippen MR) is 68.2 cm³/mol. The number of ether oxygens (including phenoxy) is 1. The largest absolute Gasteiger partial charge is 0.439 e. The van der Waals surface area contributed by atoms with Gasteiger partial charge >= 0.3 is 0 Å². The molecule has 0 unspecified atom stereocenters. The van der Waals surface area contributed by atoms with Crippen LogP contribution in [0.1, 0.15) is 5.56 Å². The summed E-state index contributed by atoms with van der Waals surface area (Å²) in [6, 6.07) is 6.06. The predicted octanol–water partition coefficient (Wildman–Crippen LogP) is 4.74. The maximum atomic E-state index is 13.0. The van der Waals surface area contributed by atoms with Gasteiger partial charge < -0.3 is 4.74 Å². The van der Waals surface area contributed by atoms with Crippen molar-refractivity contribution >= 4 is 27.5 Å². The van der Waals surface area contributed by atoms with Gasteiger partial charge in [0.05, 0.1) is 5.02 Å². The van der Waals surface area contributed by atoms with Crippen LogP contribution < -0.4 is 4.74 Å². The van der Waals surface area contributed by atoms with E-state index in [0.29, 0.717) is 11.6 Å². The molecular formula is C12H8BrClFNO. The Morgan fingerprint density at radius 1 is 1.35 bits per heavy atom. The second-order valence-electron chi connectivity index (χ2n) is 3.45. The fourth-order valence-corrected chi connectivity index (χ4v) is 1.90. The third kappa shape index (κ3) is 2.96. The summed E-state index contributed by atoms with van der Waals surface area (Å²) in [5, 5.41) is 0.0252. The Balaban J connectivity index is 2.28. The van der Waals surface area contributed by atoms with Crippen LogP contribution in [0, 0.1) is 12.7 Å². The maximum absolute atomic E-state index is 13.0. The number of aryl methyl sites for hydroxylation is 1. The van der Waals surface area contributed by atoms with E-state index in [9.17, 15) is 4.39 Å². The van der Waals surface area contributed by atoms with Gasteiger partial charge in [-0.3, -0.25) is 0 Å². The number of nitrogens with zero attached hydrogens (tertiary/aromatic N) is 1. The lowest BCUT2D eigenvalue weighted by atomic mass is 10.3. The lowest BCUT2D eigenvalue weighted by Crippen LogP contribution is -1.91. The average molecular weight is 317 g/mol. The first-order valence-corrected chi connectivity index (χ1v) is 5.98. The molecule has 0 atom stereocenters. The molecule has 0 aliphatic carbocycles. The summed E-state index contributed by atoms with van der Waals surface area (Å²) in [4.78, 5) is 4.12. The van der Waals surface area contributed by atoms with Crippen LogP contribution in [-0.4, -0.2) is 4.98 Å². The quantitative estimate of drug-likeness (QED) is 0.798. The number of hydrogen-bond acceptors (Lipinski definition) is 2. The zero-order valence-corrected chi connectivity index (χ0v) is 11.2. The normalized spacial score (nSPS) is 10.4. The van der Waals surface area contributed by atoms with Gasteiger partial charge in [-0.2, -0.15) is 0 Å². The average Bonchev–Trinajstić information content (AvgIpc) is 2.27. The van der Waals surface area contributed by atoms with Gasteiger partial charge in [0.1, 0.15) is 11.6 Å².